The third-order valence-corrected chi connectivity index (χ3v) is 6.14. The molecule has 3 heterocycles. The monoisotopic (exact) mass is 472 g/mol. The van der Waals surface area contributed by atoms with Crippen LogP contribution in [0.1, 0.15) is 21.7 Å². The molecule has 0 aliphatic carbocycles. The van der Waals surface area contributed by atoms with Crippen LogP contribution in [-0.4, -0.2) is 34.1 Å². The van der Waals surface area contributed by atoms with Crippen molar-refractivity contribution < 1.29 is 13.2 Å². The van der Waals surface area contributed by atoms with E-state index < -0.39 is 15.8 Å². The zero-order chi connectivity index (χ0) is 22.2. The molecule has 12 heteroatoms. The van der Waals surface area contributed by atoms with Gasteiger partial charge in [-0.2, -0.15) is 5.26 Å². The van der Waals surface area contributed by atoms with Gasteiger partial charge in [-0.25, -0.2) is 23.4 Å². The van der Waals surface area contributed by atoms with Crippen LogP contribution in [0.15, 0.2) is 53.9 Å². The number of fused-ring (bicyclic) bond motifs is 1. The lowest BCUT2D eigenvalue weighted by Crippen LogP contribution is -2.17. The first-order chi connectivity index (χ1) is 14.8. The Hall–Kier alpha value is -3.52. The van der Waals surface area contributed by atoms with E-state index in [4.69, 9.17) is 28.5 Å². The van der Waals surface area contributed by atoms with E-state index in [1.807, 2.05) is 6.07 Å². The summed E-state index contributed by atoms with van der Waals surface area (Å²) in [4.78, 5) is 27.9. The van der Waals surface area contributed by atoms with Crippen LogP contribution in [0.3, 0.4) is 0 Å². The standard InChI is InChI=1S/C19H10Cl2N6O3S/c20-11-5-15(27-31(29,30)12-2-1-10(7-22)14(21)6-12)17(24-8-11)18(28)16-13-3-4-23-19(13)26-9-25-16/h1-6,8-9,27H,(H,23,25,26). The van der Waals surface area contributed by atoms with Crippen molar-refractivity contribution in [3.8, 4) is 6.07 Å². The van der Waals surface area contributed by atoms with E-state index in [2.05, 4.69) is 24.7 Å². The van der Waals surface area contributed by atoms with Gasteiger partial charge in [0.15, 0.2) is 0 Å². The highest BCUT2D eigenvalue weighted by Crippen LogP contribution is 2.27. The van der Waals surface area contributed by atoms with E-state index in [-0.39, 0.29) is 37.6 Å². The molecule has 0 fully saturated rings. The zero-order valence-corrected chi connectivity index (χ0v) is 17.6. The number of H-pyrrole nitrogens is 1. The van der Waals surface area contributed by atoms with E-state index in [1.54, 1.807) is 12.3 Å². The summed E-state index contributed by atoms with van der Waals surface area (Å²) in [6, 6.07) is 8.38. The van der Waals surface area contributed by atoms with Gasteiger partial charge in [-0.15, -0.1) is 0 Å². The summed E-state index contributed by atoms with van der Waals surface area (Å²) in [6.07, 6.45) is 4.04. The Bertz CT molecular complexity index is 1490. The fraction of sp³-hybridized carbons (Fsp3) is 0. The van der Waals surface area contributed by atoms with Gasteiger partial charge in [0.05, 0.1) is 26.2 Å². The van der Waals surface area contributed by atoms with Crippen molar-refractivity contribution in [1.82, 2.24) is 19.9 Å². The molecule has 2 N–H and O–H groups in total. The molecule has 4 rings (SSSR count). The number of nitrogens with one attached hydrogen (secondary N) is 2. The van der Waals surface area contributed by atoms with Crippen LogP contribution in [0.25, 0.3) is 11.0 Å². The van der Waals surface area contributed by atoms with Gasteiger partial charge in [0.25, 0.3) is 10.0 Å². The molecule has 4 aromatic rings. The molecule has 0 aliphatic heterocycles. The van der Waals surface area contributed by atoms with Gasteiger partial charge >= 0.3 is 0 Å². The highest BCUT2D eigenvalue weighted by Gasteiger charge is 2.24. The lowest BCUT2D eigenvalue weighted by Gasteiger charge is -2.12. The molecule has 0 atom stereocenters. The van der Waals surface area contributed by atoms with Crippen LogP contribution >= 0.6 is 23.2 Å². The molecule has 0 saturated carbocycles. The fourth-order valence-corrected chi connectivity index (χ4v) is 4.35. The largest absolute Gasteiger partial charge is 0.346 e. The predicted molar refractivity (Wildman–Crippen MR) is 114 cm³/mol. The number of anilines is 1. The molecule has 0 spiro atoms. The number of nitrogens with zero attached hydrogens (tertiary/aromatic N) is 4. The maximum absolute atomic E-state index is 13.1. The molecule has 3 aromatic heterocycles. The molecular weight excluding hydrogens is 463 g/mol. The Morgan fingerprint density at radius 1 is 1.10 bits per heavy atom. The first-order valence-electron chi connectivity index (χ1n) is 8.51. The molecule has 1 aromatic carbocycles. The van der Waals surface area contributed by atoms with Crippen LogP contribution in [0.2, 0.25) is 10.0 Å². The number of hydrogen-bond donors (Lipinski definition) is 2. The molecule has 0 radical (unpaired) electrons. The predicted octanol–water partition coefficient (Wildman–Crippen LogP) is 3.56. The summed E-state index contributed by atoms with van der Waals surface area (Å²) in [5.74, 6) is -0.626. The van der Waals surface area contributed by atoms with Crippen molar-refractivity contribution in [1.29, 1.82) is 5.26 Å². The number of sulfonamides is 1. The number of benzene rings is 1. The maximum atomic E-state index is 13.1. The lowest BCUT2D eigenvalue weighted by molar-refractivity contribution is 0.103. The quantitative estimate of drug-likeness (QED) is 0.422. The molecule has 0 bridgehead atoms. The minimum atomic E-state index is -4.18. The average Bonchev–Trinajstić information content (AvgIpc) is 3.22. The smallest absolute Gasteiger partial charge is 0.262 e. The van der Waals surface area contributed by atoms with Gasteiger partial charge in [-0.1, -0.05) is 23.2 Å². The summed E-state index contributed by atoms with van der Waals surface area (Å²) < 4.78 is 28.1. The Labute approximate surface area is 185 Å². The second kappa shape index (κ2) is 7.96. The summed E-state index contributed by atoms with van der Waals surface area (Å²) in [7, 11) is -4.18. The first-order valence-corrected chi connectivity index (χ1v) is 10.7. The fourth-order valence-electron chi connectivity index (χ4n) is 2.82. The number of carbonyl (C=O) groups excluding carboxylic acids is 1. The van der Waals surface area contributed by atoms with Crippen LogP contribution in [0.4, 0.5) is 5.69 Å². The molecule has 0 saturated heterocycles. The zero-order valence-electron chi connectivity index (χ0n) is 15.3. The Morgan fingerprint density at radius 2 is 1.90 bits per heavy atom. The minimum Gasteiger partial charge on any atom is -0.346 e. The van der Waals surface area contributed by atoms with E-state index >= 15 is 0 Å². The minimum absolute atomic E-state index is 0.0262. The summed E-state index contributed by atoms with van der Waals surface area (Å²) in [5.41, 5.74) is 0.277. The van der Waals surface area contributed by atoms with Crippen molar-refractivity contribution >= 4 is 55.7 Å². The first kappa shape index (κ1) is 20.7. The number of aromatic amines is 1. The Kier molecular flexibility index (Phi) is 5.32. The number of ketones is 1. The van der Waals surface area contributed by atoms with Gasteiger partial charge in [0, 0.05) is 17.8 Å². The highest BCUT2D eigenvalue weighted by atomic mass is 35.5. The van der Waals surface area contributed by atoms with E-state index in [0.717, 1.165) is 6.07 Å². The molecule has 0 amide bonds. The molecule has 0 unspecified atom stereocenters. The van der Waals surface area contributed by atoms with Crippen molar-refractivity contribution in [2.75, 3.05) is 4.72 Å². The van der Waals surface area contributed by atoms with Crippen LogP contribution < -0.4 is 4.72 Å². The van der Waals surface area contributed by atoms with Crippen molar-refractivity contribution in [2.24, 2.45) is 0 Å². The van der Waals surface area contributed by atoms with Crippen molar-refractivity contribution in [2.45, 2.75) is 4.90 Å². The van der Waals surface area contributed by atoms with Gasteiger partial charge in [0.1, 0.15) is 29.4 Å². The molecule has 154 valence electrons. The number of aromatic nitrogens is 4. The van der Waals surface area contributed by atoms with Gasteiger partial charge in [-0.3, -0.25) is 9.52 Å². The summed E-state index contributed by atoms with van der Waals surface area (Å²) in [5, 5.41) is 9.51. The van der Waals surface area contributed by atoms with Gasteiger partial charge < -0.3 is 4.98 Å². The molecular formula is C19H10Cl2N6O3S. The normalized spacial score (nSPS) is 11.3. The lowest BCUT2D eigenvalue weighted by atomic mass is 10.1. The average molecular weight is 473 g/mol. The molecule has 31 heavy (non-hydrogen) atoms. The topological polar surface area (TPSA) is 141 Å². The number of pyridine rings is 1. The van der Waals surface area contributed by atoms with Gasteiger partial charge in [0.2, 0.25) is 5.78 Å². The third kappa shape index (κ3) is 3.94. The number of hydrogen-bond acceptors (Lipinski definition) is 7. The highest BCUT2D eigenvalue weighted by molar-refractivity contribution is 7.92. The van der Waals surface area contributed by atoms with E-state index in [9.17, 15) is 13.2 Å². The second-order valence-electron chi connectivity index (χ2n) is 6.20. The Morgan fingerprint density at radius 3 is 2.65 bits per heavy atom. The van der Waals surface area contributed by atoms with Crippen molar-refractivity contribution in [3.05, 3.63) is 76.0 Å². The second-order valence-corrected chi connectivity index (χ2v) is 8.73. The van der Waals surface area contributed by atoms with E-state index in [0.29, 0.717) is 11.0 Å². The van der Waals surface area contributed by atoms with Gasteiger partial charge in [-0.05, 0) is 30.3 Å². The molecule has 0 aliphatic rings. The maximum Gasteiger partial charge on any atom is 0.262 e. The summed E-state index contributed by atoms with van der Waals surface area (Å²) >= 11 is 11.9. The third-order valence-electron chi connectivity index (χ3n) is 4.25. The SMILES string of the molecule is N#Cc1ccc(S(=O)(=O)Nc2cc(Cl)cnc2C(=O)c2ncnc3[nH]ccc23)cc1Cl. The number of rotatable bonds is 5. The van der Waals surface area contributed by atoms with Crippen LogP contribution in [-0.2, 0) is 10.0 Å². The number of halogens is 2. The Balaban J connectivity index is 1.77. The van der Waals surface area contributed by atoms with Crippen LogP contribution in [0.5, 0.6) is 0 Å². The van der Waals surface area contributed by atoms with E-state index in [1.165, 1.54) is 30.7 Å². The van der Waals surface area contributed by atoms with Crippen LogP contribution in [0, 0.1) is 11.3 Å². The number of nitriles is 1. The summed E-state index contributed by atoms with van der Waals surface area (Å²) in [6.45, 7) is 0. The number of carbonyl (C=O) groups is 1. The van der Waals surface area contributed by atoms with Crippen molar-refractivity contribution in [3.63, 3.8) is 0 Å². The molecule has 9 nitrogen and oxygen atoms in total.